The first kappa shape index (κ1) is 21.1. The Morgan fingerprint density at radius 2 is 1.42 bits per heavy atom. The fraction of sp³-hybridized carbons (Fsp3) is 0.333. The van der Waals surface area contributed by atoms with Gasteiger partial charge < -0.3 is 19.9 Å². The number of hydrogen-bond acceptors (Lipinski definition) is 4. The van der Waals surface area contributed by atoms with Gasteiger partial charge in [-0.2, -0.15) is 0 Å². The molecule has 1 unspecified atom stereocenters. The predicted molar refractivity (Wildman–Crippen MR) is 126 cm³/mol. The zero-order valence-corrected chi connectivity index (χ0v) is 18.9. The molecule has 1 aliphatic heterocycles. The number of nitrogens with one attached hydrogen (secondary N) is 1. The van der Waals surface area contributed by atoms with E-state index in [4.69, 9.17) is 9.47 Å². The molecule has 0 amide bonds. The van der Waals surface area contributed by atoms with Gasteiger partial charge in [0.15, 0.2) is 0 Å². The molecular weight excluding hydrogens is 386 g/mol. The van der Waals surface area contributed by atoms with Gasteiger partial charge in [-0.25, -0.2) is 0 Å². The highest BCUT2D eigenvalue weighted by Gasteiger charge is 2.45. The fourth-order valence-electron chi connectivity index (χ4n) is 4.57. The van der Waals surface area contributed by atoms with Crippen LogP contribution in [0.2, 0.25) is 0 Å². The first-order chi connectivity index (χ1) is 14.8. The molecule has 0 saturated heterocycles. The van der Waals surface area contributed by atoms with E-state index >= 15 is 0 Å². The maximum Gasteiger partial charge on any atom is 0.120 e. The Labute approximate surface area is 184 Å². The summed E-state index contributed by atoms with van der Waals surface area (Å²) in [6, 6.07) is 20.1. The Morgan fingerprint density at radius 1 is 0.806 bits per heavy atom. The van der Waals surface area contributed by atoms with Crippen molar-refractivity contribution in [2.45, 2.75) is 52.2 Å². The minimum absolute atomic E-state index is 0.0480. The highest BCUT2D eigenvalue weighted by molar-refractivity contribution is 5.72. The van der Waals surface area contributed by atoms with Crippen LogP contribution in [0, 0.1) is 6.92 Å². The lowest BCUT2D eigenvalue weighted by Gasteiger charge is -2.33. The fourth-order valence-corrected chi connectivity index (χ4v) is 4.57. The van der Waals surface area contributed by atoms with Crippen LogP contribution in [0.25, 0.3) is 0 Å². The zero-order chi connectivity index (χ0) is 22.2. The Balaban J connectivity index is 1.99. The number of aromatic hydroxyl groups is 1. The number of fused-ring (bicyclic) bond motifs is 1. The van der Waals surface area contributed by atoms with Crippen molar-refractivity contribution in [3.05, 3.63) is 82.9 Å². The minimum atomic E-state index is -0.572. The van der Waals surface area contributed by atoms with E-state index in [0.717, 1.165) is 39.4 Å². The summed E-state index contributed by atoms with van der Waals surface area (Å²) in [4.78, 5) is 0. The molecular formula is C27H31NO3. The van der Waals surface area contributed by atoms with Crippen LogP contribution in [-0.4, -0.2) is 23.9 Å². The van der Waals surface area contributed by atoms with Crippen LogP contribution < -0.4 is 14.8 Å². The summed E-state index contributed by atoms with van der Waals surface area (Å²) in [5, 5.41) is 14.6. The van der Waals surface area contributed by atoms with Gasteiger partial charge in [-0.1, -0.05) is 24.3 Å². The van der Waals surface area contributed by atoms with Crippen molar-refractivity contribution in [2.75, 3.05) is 11.9 Å². The molecule has 0 spiro atoms. The van der Waals surface area contributed by atoms with E-state index < -0.39 is 5.41 Å². The topological polar surface area (TPSA) is 50.7 Å². The van der Waals surface area contributed by atoms with E-state index in [1.807, 2.05) is 52.0 Å². The molecule has 1 heterocycles. The highest BCUT2D eigenvalue weighted by atomic mass is 16.5. The molecule has 0 radical (unpaired) electrons. The molecule has 0 bridgehead atoms. The van der Waals surface area contributed by atoms with Gasteiger partial charge in [0.2, 0.25) is 0 Å². The Bertz CT molecular complexity index is 1030. The van der Waals surface area contributed by atoms with Gasteiger partial charge in [0, 0.05) is 17.8 Å². The molecule has 0 aliphatic carbocycles. The van der Waals surface area contributed by atoms with Crippen molar-refractivity contribution in [3.63, 3.8) is 0 Å². The number of benzene rings is 3. The number of phenols is 1. The largest absolute Gasteiger partial charge is 0.508 e. The third-order valence-electron chi connectivity index (χ3n) is 5.77. The van der Waals surface area contributed by atoms with Crippen molar-refractivity contribution in [3.8, 4) is 17.2 Å². The molecule has 31 heavy (non-hydrogen) atoms. The average Bonchev–Trinajstić information content (AvgIpc) is 3.10. The van der Waals surface area contributed by atoms with Gasteiger partial charge in [0.1, 0.15) is 17.2 Å². The molecule has 0 saturated carbocycles. The zero-order valence-electron chi connectivity index (χ0n) is 18.9. The van der Waals surface area contributed by atoms with Gasteiger partial charge in [-0.05, 0) is 87.7 Å². The molecule has 3 aromatic rings. The second-order valence-corrected chi connectivity index (χ2v) is 8.79. The van der Waals surface area contributed by atoms with E-state index in [-0.39, 0.29) is 18.0 Å². The summed E-state index contributed by atoms with van der Waals surface area (Å²) < 4.78 is 12.0. The molecule has 0 fully saturated rings. The van der Waals surface area contributed by atoms with E-state index in [1.165, 1.54) is 0 Å². The van der Waals surface area contributed by atoms with E-state index in [1.54, 1.807) is 6.07 Å². The van der Waals surface area contributed by atoms with Gasteiger partial charge >= 0.3 is 0 Å². The van der Waals surface area contributed by atoms with Crippen molar-refractivity contribution in [1.82, 2.24) is 0 Å². The van der Waals surface area contributed by atoms with Gasteiger partial charge in [-0.3, -0.25) is 0 Å². The SMILES string of the molecule is Cc1ccc(OC(C)C)cc1C1(c2cc(OC(C)C)ccc2O)CNc2ccccc21. The molecule has 1 aliphatic rings. The Morgan fingerprint density at radius 3 is 2.10 bits per heavy atom. The molecule has 2 N–H and O–H groups in total. The van der Waals surface area contributed by atoms with Crippen molar-refractivity contribution >= 4 is 5.69 Å². The normalized spacial score (nSPS) is 17.5. The second-order valence-electron chi connectivity index (χ2n) is 8.79. The Hall–Kier alpha value is -3.14. The van der Waals surface area contributed by atoms with Crippen LogP contribution >= 0.6 is 0 Å². The van der Waals surface area contributed by atoms with Crippen molar-refractivity contribution < 1.29 is 14.6 Å². The molecule has 3 aromatic carbocycles. The van der Waals surface area contributed by atoms with Crippen LogP contribution in [0.4, 0.5) is 5.69 Å². The van der Waals surface area contributed by atoms with Crippen molar-refractivity contribution in [2.24, 2.45) is 0 Å². The summed E-state index contributed by atoms with van der Waals surface area (Å²) in [5.41, 5.74) is 4.72. The standard InChI is InChI=1S/C27H31NO3/c1-17(2)30-20-11-10-19(5)23(14-20)27(16-28-25-9-7-6-8-22(25)27)24-15-21(31-18(3)4)12-13-26(24)29/h6-15,17-18,28-29H,16H2,1-5H3. The molecule has 4 rings (SSSR count). The quantitative estimate of drug-likeness (QED) is 0.514. The molecule has 1 atom stereocenters. The number of hydrogen-bond donors (Lipinski definition) is 2. The van der Waals surface area contributed by atoms with Crippen LogP contribution in [0.5, 0.6) is 17.2 Å². The number of aryl methyl sites for hydroxylation is 1. The predicted octanol–water partition coefficient (Wildman–Crippen LogP) is 6.03. The third-order valence-corrected chi connectivity index (χ3v) is 5.77. The first-order valence-corrected chi connectivity index (χ1v) is 10.9. The number of phenolic OH excluding ortho intramolecular Hbond substituents is 1. The van der Waals surface area contributed by atoms with Gasteiger partial charge in [-0.15, -0.1) is 0 Å². The minimum Gasteiger partial charge on any atom is -0.508 e. The molecule has 162 valence electrons. The van der Waals surface area contributed by atoms with E-state index in [9.17, 15) is 5.11 Å². The van der Waals surface area contributed by atoms with Crippen molar-refractivity contribution in [1.29, 1.82) is 0 Å². The average molecular weight is 418 g/mol. The van der Waals surface area contributed by atoms with Crippen LogP contribution in [0.1, 0.15) is 49.9 Å². The summed E-state index contributed by atoms with van der Waals surface area (Å²) in [6.45, 7) is 10.8. The second kappa shape index (κ2) is 8.18. The molecule has 4 nitrogen and oxygen atoms in total. The van der Waals surface area contributed by atoms with Gasteiger partial charge in [0.25, 0.3) is 0 Å². The van der Waals surface area contributed by atoms with Gasteiger partial charge in [0.05, 0.1) is 17.6 Å². The van der Waals surface area contributed by atoms with E-state index in [2.05, 4.69) is 42.6 Å². The summed E-state index contributed by atoms with van der Waals surface area (Å²) in [5.74, 6) is 1.83. The maximum atomic E-state index is 11.1. The number of anilines is 1. The van der Waals surface area contributed by atoms with Crippen LogP contribution in [0.3, 0.4) is 0 Å². The summed E-state index contributed by atoms with van der Waals surface area (Å²) >= 11 is 0. The highest BCUT2D eigenvalue weighted by Crippen LogP contribution is 2.51. The monoisotopic (exact) mass is 417 g/mol. The lowest BCUT2D eigenvalue weighted by Crippen LogP contribution is -2.32. The van der Waals surface area contributed by atoms with Crippen LogP contribution in [-0.2, 0) is 5.41 Å². The first-order valence-electron chi connectivity index (χ1n) is 10.9. The summed E-state index contributed by atoms with van der Waals surface area (Å²) in [7, 11) is 0. The van der Waals surface area contributed by atoms with Crippen LogP contribution in [0.15, 0.2) is 60.7 Å². The van der Waals surface area contributed by atoms with E-state index in [0.29, 0.717) is 6.54 Å². The maximum absolute atomic E-state index is 11.1. The smallest absolute Gasteiger partial charge is 0.120 e. The number of para-hydroxylation sites is 1. The number of ether oxygens (including phenoxy) is 2. The lowest BCUT2D eigenvalue weighted by atomic mass is 9.69. The Kier molecular flexibility index (Phi) is 5.57. The number of rotatable bonds is 6. The lowest BCUT2D eigenvalue weighted by molar-refractivity contribution is 0.241. The molecule has 4 heteroatoms. The third kappa shape index (κ3) is 3.83. The summed E-state index contributed by atoms with van der Waals surface area (Å²) in [6.07, 6.45) is 0.128. The molecule has 0 aromatic heterocycles.